The maximum atomic E-state index is 9.26. The van der Waals surface area contributed by atoms with Crippen LogP contribution in [0.4, 0.5) is 0 Å². The summed E-state index contributed by atoms with van der Waals surface area (Å²) in [5.74, 6) is 0.385. The third-order valence-electron chi connectivity index (χ3n) is 1.84. The Hall–Kier alpha value is 0.460. The lowest BCUT2D eigenvalue weighted by atomic mass is 9.96. The maximum absolute atomic E-state index is 9.26. The molecule has 1 heterocycles. The Morgan fingerprint density at radius 1 is 1.36 bits per heavy atom. The van der Waals surface area contributed by atoms with Crippen molar-refractivity contribution in [2.75, 3.05) is 19.0 Å². The number of piperidine rings is 1. The molecule has 3 nitrogen and oxygen atoms in total. The number of aliphatic hydroxyl groups is 2. The number of hydrogen-bond donors (Lipinski definition) is 3. The molecule has 0 unspecified atom stereocenters. The van der Waals surface area contributed by atoms with Gasteiger partial charge in [-0.2, -0.15) is 0 Å². The lowest BCUT2D eigenvalue weighted by molar-refractivity contribution is -0.0285. The van der Waals surface area contributed by atoms with Gasteiger partial charge in [0.05, 0.1) is 12.2 Å². The Kier molecular flexibility index (Phi) is 5.38. The van der Waals surface area contributed by atoms with Gasteiger partial charge in [-0.3, -0.25) is 0 Å². The molecule has 68 valence electrons. The van der Waals surface area contributed by atoms with Crippen molar-refractivity contribution in [3.8, 4) is 0 Å². The van der Waals surface area contributed by atoms with Gasteiger partial charge in [-0.1, -0.05) is 0 Å². The smallest absolute Gasteiger partial charge is 0.0926 e. The van der Waals surface area contributed by atoms with E-state index in [9.17, 15) is 5.11 Å². The lowest BCUT2D eigenvalue weighted by Gasteiger charge is -2.30. The third kappa shape index (κ3) is 2.76. The minimum absolute atomic E-state index is 0. The van der Waals surface area contributed by atoms with Crippen LogP contribution in [-0.2, 0) is 0 Å². The van der Waals surface area contributed by atoms with Gasteiger partial charge >= 0.3 is 0 Å². The molecule has 1 saturated heterocycles. The summed E-state index contributed by atoms with van der Waals surface area (Å²) in [5.41, 5.74) is 0. The lowest BCUT2D eigenvalue weighted by Crippen LogP contribution is -2.50. The zero-order chi connectivity index (χ0) is 7.56. The van der Waals surface area contributed by atoms with Gasteiger partial charge in [-0.15, -0.1) is 24.0 Å². The van der Waals surface area contributed by atoms with Crippen LogP contribution >= 0.6 is 24.0 Å². The number of β-amino-alcohol motifs (C(OH)–C–C–N with tert-alkyl or cyclic N) is 1. The Labute approximate surface area is 77.2 Å². The molecular formula is C6H13Cl2NO2. The van der Waals surface area contributed by atoms with E-state index < -0.39 is 12.2 Å². The first-order valence-corrected chi connectivity index (χ1v) is 3.92. The van der Waals surface area contributed by atoms with E-state index in [1.54, 1.807) is 0 Å². The van der Waals surface area contributed by atoms with Crippen LogP contribution < -0.4 is 5.32 Å². The van der Waals surface area contributed by atoms with Gasteiger partial charge < -0.3 is 15.5 Å². The van der Waals surface area contributed by atoms with Gasteiger partial charge in [0, 0.05) is 24.9 Å². The topological polar surface area (TPSA) is 52.5 Å². The average Bonchev–Trinajstić information content (AvgIpc) is 1.95. The molecular weight excluding hydrogens is 189 g/mol. The molecule has 0 bridgehead atoms. The van der Waals surface area contributed by atoms with Crippen molar-refractivity contribution in [3.63, 3.8) is 0 Å². The van der Waals surface area contributed by atoms with Crippen LogP contribution in [0.1, 0.15) is 0 Å². The number of hydrogen-bond acceptors (Lipinski definition) is 3. The van der Waals surface area contributed by atoms with Crippen LogP contribution in [0.5, 0.6) is 0 Å². The highest BCUT2D eigenvalue weighted by atomic mass is 35.5. The summed E-state index contributed by atoms with van der Waals surface area (Å²) in [6.45, 7) is 1.16. The van der Waals surface area contributed by atoms with Crippen molar-refractivity contribution in [2.45, 2.75) is 12.2 Å². The van der Waals surface area contributed by atoms with Crippen LogP contribution in [-0.4, -0.2) is 41.4 Å². The summed E-state index contributed by atoms with van der Waals surface area (Å²) in [6.07, 6.45) is -1.31. The van der Waals surface area contributed by atoms with Gasteiger partial charge in [-0.25, -0.2) is 0 Å². The summed E-state index contributed by atoms with van der Waals surface area (Å²) in [4.78, 5) is 0. The molecule has 0 aliphatic carbocycles. The van der Waals surface area contributed by atoms with E-state index in [1.807, 2.05) is 0 Å². The van der Waals surface area contributed by atoms with E-state index in [0.29, 0.717) is 19.0 Å². The van der Waals surface area contributed by atoms with Crippen molar-refractivity contribution < 1.29 is 10.2 Å². The van der Waals surface area contributed by atoms with Gasteiger partial charge in [0.2, 0.25) is 0 Å². The molecule has 1 rings (SSSR count). The fourth-order valence-corrected chi connectivity index (χ4v) is 1.41. The Morgan fingerprint density at radius 2 is 2.00 bits per heavy atom. The second-order valence-corrected chi connectivity index (χ2v) is 2.94. The van der Waals surface area contributed by atoms with E-state index in [0.717, 1.165) is 0 Å². The summed E-state index contributed by atoms with van der Waals surface area (Å²) in [7, 11) is 0. The fourth-order valence-electron chi connectivity index (χ4n) is 1.12. The molecule has 1 aliphatic heterocycles. The zero-order valence-electron chi connectivity index (χ0n) is 6.03. The summed E-state index contributed by atoms with van der Waals surface area (Å²) in [6, 6.07) is 0. The molecule has 0 spiro atoms. The third-order valence-corrected chi connectivity index (χ3v) is 2.23. The highest BCUT2D eigenvalue weighted by Gasteiger charge is 2.29. The average molecular weight is 202 g/mol. The highest BCUT2D eigenvalue weighted by Crippen LogP contribution is 2.12. The summed E-state index contributed by atoms with van der Waals surface area (Å²) in [5, 5.41) is 21.3. The van der Waals surface area contributed by atoms with E-state index >= 15 is 0 Å². The number of rotatable bonds is 1. The standard InChI is InChI=1S/C6H12ClNO2.ClH/c7-1-4-2-8-3-5(9)6(4)10;/h4-6,8-10H,1-3H2;1H/t4-,5+,6+;/m0./s1. The molecule has 5 heteroatoms. The quantitative estimate of drug-likeness (QED) is 0.506. The predicted octanol–water partition coefficient (Wildman–Crippen LogP) is -0.412. The normalized spacial score (nSPS) is 37.9. The van der Waals surface area contributed by atoms with Crippen molar-refractivity contribution in [1.82, 2.24) is 5.32 Å². The van der Waals surface area contributed by atoms with E-state index in [1.165, 1.54) is 0 Å². The van der Waals surface area contributed by atoms with Gasteiger partial charge in [0.25, 0.3) is 0 Å². The Morgan fingerprint density at radius 3 is 2.45 bits per heavy atom. The second-order valence-electron chi connectivity index (χ2n) is 2.63. The second kappa shape index (κ2) is 5.17. The molecule has 0 aromatic carbocycles. The first-order chi connectivity index (χ1) is 4.75. The molecule has 3 atom stereocenters. The van der Waals surface area contributed by atoms with Crippen LogP contribution in [0.25, 0.3) is 0 Å². The maximum Gasteiger partial charge on any atom is 0.0926 e. The fraction of sp³-hybridized carbons (Fsp3) is 1.00. The molecule has 11 heavy (non-hydrogen) atoms. The molecule has 0 aromatic heterocycles. The minimum atomic E-state index is -0.655. The van der Waals surface area contributed by atoms with Crippen molar-refractivity contribution in [3.05, 3.63) is 0 Å². The van der Waals surface area contributed by atoms with Crippen molar-refractivity contribution in [2.24, 2.45) is 5.92 Å². The molecule has 1 fully saturated rings. The van der Waals surface area contributed by atoms with E-state index in [4.69, 9.17) is 16.7 Å². The number of alkyl halides is 1. The minimum Gasteiger partial charge on any atom is -0.390 e. The van der Waals surface area contributed by atoms with E-state index in [2.05, 4.69) is 5.32 Å². The number of aliphatic hydroxyl groups excluding tert-OH is 2. The molecule has 0 aromatic rings. The van der Waals surface area contributed by atoms with Crippen LogP contribution in [0.2, 0.25) is 0 Å². The Bertz CT molecular complexity index is 115. The number of halogens is 2. The summed E-state index contributed by atoms with van der Waals surface area (Å²) < 4.78 is 0. The first-order valence-electron chi connectivity index (χ1n) is 3.38. The SMILES string of the molecule is Cl.O[C@@H]1[C@@H](CCl)CNC[C@H]1O. The van der Waals surface area contributed by atoms with Gasteiger partial charge in [0.1, 0.15) is 0 Å². The van der Waals surface area contributed by atoms with Gasteiger partial charge in [-0.05, 0) is 0 Å². The van der Waals surface area contributed by atoms with Crippen molar-refractivity contribution in [1.29, 1.82) is 0 Å². The molecule has 0 amide bonds. The Balaban J connectivity index is 0.000001000. The zero-order valence-corrected chi connectivity index (χ0v) is 7.61. The number of nitrogens with one attached hydrogen (secondary N) is 1. The molecule has 0 radical (unpaired) electrons. The monoisotopic (exact) mass is 201 g/mol. The van der Waals surface area contributed by atoms with Crippen LogP contribution in [0, 0.1) is 5.92 Å². The van der Waals surface area contributed by atoms with Gasteiger partial charge in [0.15, 0.2) is 0 Å². The first kappa shape index (κ1) is 11.5. The highest BCUT2D eigenvalue weighted by molar-refractivity contribution is 6.18. The molecule has 1 aliphatic rings. The largest absolute Gasteiger partial charge is 0.390 e. The predicted molar refractivity (Wildman–Crippen MR) is 46.3 cm³/mol. The molecule has 0 saturated carbocycles. The summed E-state index contributed by atoms with van der Waals surface area (Å²) >= 11 is 5.53. The van der Waals surface area contributed by atoms with Crippen molar-refractivity contribution >= 4 is 24.0 Å². The van der Waals surface area contributed by atoms with Crippen LogP contribution in [0.3, 0.4) is 0 Å². The van der Waals surface area contributed by atoms with Crippen LogP contribution in [0.15, 0.2) is 0 Å². The van der Waals surface area contributed by atoms with E-state index in [-0.39, 0.29) is 18.3 Å². The molecule has 3 N–H and O–H groups in total.